The first-order valence-corrected chi connectivity index (χ1v) is 8.00. The van der Waals surface area contributed by atoms with E-state index in [0.717, 1.165) is 25.9 Å². The van der Waals surface area contributed by atoms with Gasteiger partial charge in [0.15, 0.2) is 9.84 Å². The summed E-state index contributed by atoms with van der Waals surface area (Å²) in [7, 11) is -1.72. The number of piperidine rings is 1. The third-order valence-corrected chi connectivity index (χ3v) is 4.53. The van der Waals surface area contributed by atoms with Crippen molar-refractivity contribution < 1.29 is 13.2 Å². The number of sulfone groups is 1. The third kappa shape index (κ3) is 2.84. The number of methoxy groups -OCH3 is 1. The summed E-state index contributed by atoms with van der Waals surface area (Å²) >= 11 is 0. The minimum Gasteiger partial charge on any atom is -0.495 e. The fraction of sp³-hybridized carbons (Fsp3) is 0.538. The van der Waals surface area contributed by atoms with E-state index >= 15 is 0 Å². The van der Waals surface area contributed by atoms with Crippen molar-refractivity contribution in [1.82, 2.24) is 5.32 Å². The zero-order chi connectivity index (χ0) is 13.2. The Morgan fingerprint density at radius 1 is 1.28 bits per heavy atom. The average Bonchev–Trinajstić information content (AvgIpc) is 2.38. The molecule has 0 saturated carbocycles. The number of hydrogen-bond donors (Lipinski definition) is 1. The van der Waals surface area contributed by atoms with E-state index in [1.165, 1.54) is 18.9 Å². The molecule has 0 spiro atoms. The standard InChI is InChI=1S/C13H19NO3S/c1-17-12-9-11(10-5-7-14-8-6-10)3-4-13(12)18(2,15)16/h3-4,9-10,14H,5-8H2,1-2H3. The van der Waals surface area contributed by atoms with Gasteiger partial charge in [0.05, 0.1) is 7.11 Å². The molecule has 2 rings (SSSR count). The van der Waals surface area contributed by atoms with Crippen molar-refractivity contribution in [3.8, 4) is 5.75 Å². The Hall–Kier alpha value is -1.07. The zero-order valence-electron chi connectivity index (χ0n) is 10.8. The molecule has 0 bridgehead atoms. The summed E-state index contributed by atoms with van der Waals surface area (Å²) in [6.45, 7) is 2.03. The molecule has 0 amide bonds. The monoisotopic (exact) mass is 269 g/mol. The van der Waals surface area contributed by atoms with Crippen LogP contribution in [0.5, 0.6) is 5.75 Å². The van der Waals surface area contributed by atoms with Crippen molar-refractivity contribution in [2.24, 2.45) is 0 Å². The van der Waals surface area contributed by atoms with Crippen molar-refractivity contribution in [2.45, 2.75) is 23.7 Å². The SMILES string of the molecule is COc1cc(C2CCNCC2)ccc1S(C)(=O)=O. The number of benzene rings is 1. The lowest BCUT2D eigenvalue weighted by Crippen LogP contribution is -2.26. The van der Waals surface area contributed by atoms with Crippen LogP contribution in [-0.2, 0) is 9.84 Å². The van der Waals surface area contributed by atoms with E-state index in [-0.39, 0.29) is 4.90 Å². The maximum atomic E-state index is 11.6. The first-order valence-electron chi connectivity index (χ1n) is 6.11. The molecule has 1 fully saturated rings. The van der Waals surface area contributed by atoms with Crippen molar-refractivity contribution in [1.29, 1.82) is 0 Å². The smallest absolute Gasteiger partial charge is 0.179 e. The van der Waals surface area contributed by atoms with E-state index in [9.17, 15) is 8.42 Å². The molecule has 0 radical (unpaired) electrons. The van der Waals surface area contributed by atoms with Gasteiger partial charge in [-0.05, 0) is 49.5 Å². The second kappa shape index (κ2) is 5.28. The molecule has 1 aromatic carbocycles. The highest BCUT2D eigenvalue weighted by Crippen LogP contribution is 2.31. The van der Waals surface area contributed by atoms with Gasteiger partial charge in [0.1, 0.15) is 10.6 Å². The fourth-order valence-electron chi connectivity index (χ4n) is 2.40. The molecule has 1 aromatic rings. The first kappa shape index (κ1) is 13.4. The van der Waals surface area contributed by atoms with Crippen molar-refractivity contribution in [3.63, 3.8) is 0 Å². The van der Waals surface area contributed by atoms with Gasteiger partial charge in [-0.15, -0.1) is 0 Å². The molecule has 1 heterocycles. The molecule has 0 unspecified atom stereocenters. The van der Waals surface area contributed by atoms with Crippen LogP contribution < -0.4 is 10.1 Å². The van der Waals surface area contributed by atoms with Crippen LogP contribution in [0.15, 0.2) is 23.1 Å². The highest BCUT2D eigenvalue weighted by molar-refractivity contribution is 7.90. The minimum atomic E-state index is -3.23. The number of hydrogen-bond acceptors (Lipinski definition) is 4. The zero-order valence-corrected chi connectivity index (χ0v) is 11.6. The minimum absolute atomic E-state index is 0.266. The molecule has 1 N–H and O–H groups in total. The largest absolute Gasteiger partial charge is 0.495 e. The van der Waals surface area contributed by atoms with E-state index in [1.54, 1.807) is 6.07 Å². The Morgan fingerprint density at radius 3 is 2.50 bits per heavy atom. The second-order valence-electron chi connectivity index (χ2n) is 4.71. The number of nitrogens with one attached hydrogen (secondary N) is 1. The predicted octanol–water partition coefficient (Wildman–Crippen LogP) is 1.57. The van der Waals surface area contributed by atoms with Gasteiger partial charge in [0.25, 0.3) is 0 Å². The van der Waals surface area contributed by atoms with Gasteiger partial charge < -0.3 is 10.1 Å². The summed E-state index contributed by atoms with van der Waals surface area (Å²) in [6, 6.07) is 5.44. The Bertz CT molecular complexity index is 519. The Morgan fingerprint density at radius 2 is 1.94 bits per heavy atom. The molecule has 1 aliphatic heterocycles. The summed E-state index contributed by atoms with van der Waals surface area (Å²) in [5, 5.41) is 3.32. The predicted molar refractivity (Wildman–Crippen MR) is 70.9 cm³/mol. The van der Waals surface area contributed by atoms with Crippen LogP contribution in [0.3, 0.4) is 0 Å². The molecule has 0 aliphatic carbocycles. The van der Waals surface area contributed by atoms with Crippen LogP contribution in [-0.4, -0.2) is 34.9 Å². The van der Waals surface area contributed by atoms with Crippen LogP contribution in [0, 0.1) is 0 Å². The fourth-order valence-corrected chi connectivity index (χ4v) is 3.22. The molecule has 4 nitrogen and oxygen atoms in total. The maximum Gasteiger partial charge on any atom is 0.179 e. The normalized spacial score (nSPS) is 17.7. The van der Waals surface area contributed by atoms with Gasteiger partial charge in [-0.3, -0.25) is 0 Å². The first-order chi connectivity index (χ1) is 8.52. The number of ether oxygens (including phenoxy) is 1. The van der Waals surface area contributed by atoms with E-state index < -0.39 is 9.84 Å². The Labute approximate surface area is 108 Å². The van der Waals surface area contributed by atoms with Gasteiger partial charge >= 0.3 is 0 Å². The van der Waals surface area contributed by atoms with E-state index in [2.05, 4.69) is 5.32 Å². The van der Waals surface area contributed by atoms with Gasteiger partial charge in [-0.1, -0.05) is 6.07 Å². The molecule has 1 saturated heterocycles. The van der Waals surface area contributed by atoms with Crippen LogP contribution in [0.25, 0.3) is 0 Å². The summed E-state index contributed by atoms with van der Waals surface area (Å²) in [6.07, 6.45) is 3.37. The summed E-state index contributed by atoms with van der Waals surface area (Å²) < 4.78 is 28.4. The molecule has 0 aromatic heterocycles. The lowest BCUT2D eigenvalue weighted by molar-refractivity contribution is 0.399. The molecule has 100 valence electrons. The van der Waals surface area contributed by atoms with Crippen molar-refractivity contribution in [3.05, 3.63) is 23.8 Å². The molecule has 5 heteroatoms. The summed E-state index contributed by atoms with van der Waals surface area (Å²) in [5.74, 6) is 0.947. The quantitative estimate of drug-likeness (QED) is 0.905. The van der Waals surface area contributed by atoms with Crippen LogP contribution in [0.2, 0.25) is 0 Å². The Kier molecular flexibility index (Phi) is 3.92. The highest BCUT2D eigenvalue weighted by Gasteiger charge is 2.19. The Balaban J connectivity index is 2.35. The lowest BCUT2D eigenvalue weighted by Gasteiger charge is -2.23. The van der Waals surface area contributed by atoms with Crippen molar-refractivity contribution >= 4 is 9.84 Å². The molecule has 0 atom stereocenters. The maximum absolute atomic E-state index is 11.6. The van der Waals surface area contributed by atoms with Gasteiger partial charge in [-0.2, -0.15) is 0 Å². The van der Waals surface area contributed by atoms with E-state index in [0.29, 0.717) is 11.7 Å². The summed E-state index contributed by atoms with van der Waals surface area (Å²) in [4.78, 5) is 0.266. The van der Waals surface area contributed by atoms with Gasteiger partial charge in [-0.25, -0.2) is 8.42 Å². The number of rotatable bonds is 3. The average molecular weight is 269 g/mol. The van der Waals surface area contributed by atoms with E-state index in [1.807, 2.05) is 12.1 Å². The molecular weight excluding hydrogens is 250 g/mol. The topological polar surface area (TPSA) is 55.4 Å². The molecule has 1 aliphatic rings. The summed E-state index contributed by atoms with van der Waals surface area (Å²) in [5.41, 5.74) is 1.17. The molecular formula is C13H19NO3S. The van der Waals surface area contributed by atoms with Crippen LogP contribution >= 0.6 is 0 Å². The van der Waals surface area contributed by atoms with Crippen LogP contribution in [0.4, 0.5) is 0 Å². The van der Waals surface area contributed by atoms with E-state index in [4.69, 9.17) is 4.74 Å². The van der Waals surface area contributed by atoms with Gasteiger partial charge in [0.2, 0.25) is 0 Å². The second-order valence-corrected chi connectivity index (χ2v) is 6.69. The van der Waals surface area contributed by atoms with Gasteiger partial charge in [0, 0.05) is 6.26 Å². The van der Waals surface area contributed by atoms with Crippen molar-refractivity contribution in [2.75, 3.05) is 26.5 Å². The highest BCUT2D eigenvalue weighted by atomic mass is 32.2. The lowest BCUT2D eigenvalue weighted by atomic mass is 9.90. The molecule has 18 heavy (non-hydrogen) atoms. The van der Waals surface area contributed by atoms with Crippen LogP contribution in [0.1, 0.15) is 24.3 Å². The third-order valence-electron chi connectivity index (χ3n) is 3.40.